The number of carbonyl (C=O) groups excluding carboxylic acids is 2. The highest BCUT2D eigenvalue weighted by atomic mass is 16.5. The number of benzene rings is 1. The number of hydrogen-bond donors (Lipinski definition) is 2. The van der Waals surface area contributed by atoms with Crippen LogP contribution in [0.15, 0.2) is 24.3 Å². The van der Waals surface area contributed by atoms with E-state index in [1.54, 1.807) is 0 Å². The van der Waals surface area contributed by atoms with Gasteiger partial charge in [-0.2, -0.15) is 0 Å². The normalized spacial score (nSPS) is 20.0. The van der Waals surface area contributed by atoms with Crippen LogP contribution in [0.25, 0.3) is 0 Å². The molecule has 2 N–H and O–H groups in total. The first-order chi connectivity index (χ1) is 19.4. The lowest BCUT2D eigenvalue weighted by molar-refractivity contribution is -0.145. The number of unbranched alkanes of at least 4 members (excludes halogenated alkanes) is 6. The molecule has 0 bridgehead atoms. The summed E-state index contributed by atoms with van der Waals surface area (Å²) in [6.07, 6.45) is 14.9. The number of carbonyl (C=O) groups is 3. The molecule has 4 unspecified atom stereocenters. The standard InChI is InChI=1S/C33H52N2O5/c1-3-4-5-6-7-8-9-12-25(2)32(37)34-19-20-40-30-17-15-26(16-18-30)21-29(33(38)39)22-31(36)35-23-27-13-10-11-14-28(27)24-35/h15-18,25,27-29H,3-14,19-24H2,1-2H3,(H,34,37)(H,38,39). The average molecular weight is 557 g/mol. The van der Waals surface area contributed by atoms with Gasteiger partial charge in [-0.15, -0.1) is 0 Å². The van der Waals surface area contributed by atoms with E-state index in [2.05, 4.69) is 12.2 Å². The lowest BCUT2D eigenvalue weighted by atomic mass is 9.82. The van der Waals surface area contributed by atoms with Gasteiger partial charge in [-0.25, -0.2) is 0 Å². The molecule has 0 spiro atoms. The van der Waals surface area contributed by atoms with Crippen LogP contribution in [-0.4, -0.2) is 54.0 Å². The number of fused-ring (bicyclic) bond motifs is 1. The smallest absolute Gasteiger partial charge is 0.307 e. The lowest BCUT2D eigenvalue weighted by Crippen LogP contribution is -2.33. The summed E-state index contributed by atoms with van der Waals surface area (Å²) in [6, 6.07) is 7.38. The van der Waals surface area contributed by atoms with E-state index in [9.17, 15) is 19.5 Å². The van der Waals surface area contributed by atoms with Gasteiger partial charge in [0.1, 0.15) is 12.4 Å². The van der Waals surface area contributed by atoms with Crippen LogP contribution < -0.4 is 10.1 Å². The Labute approximate surface area is 241 Å². The summed E-state index contributed by atoms with van der Waals surface area (Å²) in [7, 11) is 0. The van der Waals surface area contributed by atoms with Crippen LogP contribution in [0.2, 0.25) is 0 Å². The van der Waals surface area contributed by atoms with Crippen LogP contribution in [0.5, 0.6) is 5.75 Å². The quantitative estimate of drug-likeness (QED) is 0.209. The van der Waals surface area contributed by atoms with Crippen molar-refractivity contribution in [1.29, 1.82) is 0 Å². The van der Waals surface area contributed by atoms with Gasteiger partial charge in [0.15, 0.2) is 0 Å². The lowest BCUT2D eigenvalue weighted by Gasteiger charge is -2.22. The second kappa shape index (κ2) is 17.3. The third-order valence-electron chi connectivity index (χ3n) is 8.86. The molecule has 0 radical (unpaired) electrons. The molecule has 1 saturated heterocycles. The molecule has 224 valence electrons. The minimum Gasteiger partial charge on any atom is -0.492 e. The maximum atomic E-state index is 12.9. The van der Waals surface area contributed by atoms with Gasteiger partial charge in [0.25, 0.3) is 0 Å². The summed E-state index contributed by atoms with van der Waals surface area (Å²) in [4.78, 5) is 39.1. The Morgan fingerprint density at radius 2 is 1.60 bits per heavy atom. The van der Waals surface area contributed by atoms with E-state index in [0.29, 0.717) is 37.2 Å². The molecule has 2 amide bonds. The maximum absolute atomic E-state index is 12.9. The number of likely N-dealkylation sites (tertiary alicyclic amines) is 1. The van der Waals surface area contributed by atoms with E-state index in [4.69, 9.17) is 4.74 Å². The fraction of sp³-hybridized carbons (Fsp3) is 0.727. The highest BCUT2D eigenvalue weighted by molar-refractivity contribution is 5.82. The molecule has 4 atom stereocenters. The Balaban J connectivity index is 1.32. The first kappa shape index (κ1) is 32.0. The second-order valence-electron chi connectivity index (χ2n) is 12.1. The predicted octanol–water partition coefficient (Wildman–Crippen LogP) is 6.24. The zero-order chi connectivity index (χ0) is 28.7. The third kappa shape index (κ3) is 10.8. The summed E-state index contributed by atoms with van der Waals surface area (Å²) in [5, 5.41) is 12.7. The van der Waals surface area contributed by atoms with E-state index in [-0.39, 0.29) is 24.2 Å². The first-order valence-electron chi connectivity index (χ1n) is 15.9. The third-order valence-corrected chi connectivity index (χ3v) is 8.86. The molecule has 1 aromatic carbocycles. The molecule has 1 aromatic rings. The van der Waals surface area contributed by atoms with Gasteiger partial charge in [-0.1, -0.05) is 83.8 Å². The summed E-state index contributed by atoms with van der Waals surface area (Å²) in [5.74, 6) is 0.269. The van der Waals surface area contributed by atoms with Crippen molar-refractivity contribution in [3.63, 3.8) is 0 Å². The summed E-state index contributed by atoms with van der Waals surface area (Å²) in [6.45, 7) is 6.62. The van der Waals surface area contributed by atoms with E-state index in [1.807, 2.05) is 36.1 Å². The number of nitrogens with zero attached hydrogens (tertiary/aromatic N) is 1. The zero-order valence-corrected chi connectivity index (χ0v) is 24.9. The molecule has 1 aliphatic heterocycles. The van der Waals surface area contributed by atoms with Crippen LogP contribution in [0.3, 0.4) is 0 Å². The molecular weight excluding hydrogens is 504 g/mol. The van der Waals surface area contributed by atoms with Crippen molar-refractivity contribution in [2.24, 2.45) is 23.7 Å². The predicted molar refractivity (Wildman–Crippen MR) is 158 cm³/mol. The largest absolute Gasteiger partial charge is 0.492 e. The molecule has 2 fully saturated rings. The molecule has 3 rings (SSSR count). The number of nitrogens with one attached hydrogen (secondary N) is 1. The van der Waals surface area contributed by atoms with Gasteiger partial charge in [-0.3, -0.25) is 14.4 Å². The number of aliphatic carboxylic acids is 1. The molecule has 0 aromatic heterocycles. The Hall–Kier alpha value is -2.57. The van der Waals surface area contributed by atoms with Crippen LogP contribution in [0.4, 0.5) is 0 Å². The summed E-state index contributed by atoms with van der Waals surface area (Å²) < 4.78 is 5.78. The number of ether oxygens (including phenoxy) is 1. The van der Waals surface area contributed by atoms with Crippen molar-refractivity contribution in [3.05, 3.63) is 29.8 Å². The number of amides is 2. The highest BCUT2D eigenvalue weighted by Gasteiger charge is 2.37. The van der Waals surface area contributed by atoms with Crippen LogP contribution >= 0.6 is 0 Å². The van der Waals surface area contributed by atoms with E-state index in [0.717, 1.165) is 31.5 Å². The van der Waals surface area contributed by atoms with E-state index >= 15 is 0 Å². The van der Waals surface area contributed by atoms with Gasteiger partial charge < -0.3 is 20.1 Å². The van der Waals surface area contributed by atoms with E-state index in [1.165, 1.54) is 64.2 Å². The molecule has 7 nitrogen and oxygen atoms in total. The van der Waals surface area contributed by atoms with E-state index < -0.39 is 11.9 Å². The zero-order valence-electron chi connectivity index (χ0n) is 24.9. The van der Waals surface area contributed by atoms with Gasteiger partial charge in [0.2, 0.25) is 11.8 Å². The molecule has 2 aliphatic rings. The van der Waals surface area contributed by atoms with Gasteiger partial charge in [0.05, 0.1) is 12.5 Å². The van der Waals surface area contributed by atoms with Crippen molar-refractivity contribution in [2.45, 2.75) is 104 Å². The van der Waals surface area contributed by atoms with Gasteiger partial charge in [-0.05, 0) is 55.2 Å². The summed E-state index contributed by atoms with van der Waals surface area (Å²) in [5.41, 5.74) is 0.870. The Bertz CT molecular complexity index is 904. The number of rotatable bonds is 18. The molecule has 1 heterocycles. The SMILES string of the molecule is CCCCCCCCCC(C)C(=O)NCCOc1ccc(CC(CC(=O)N2CC3CCCCC3C2)C(=O)O)cc1. The molecular formula is C33H52N2O5. The maximum Gasteiger partial charge on any atom is 0.307 e. The van der Waals surface area contributed by atoms with Gasteiger partial charge in [0, 0.05) is 25.4 Å². The number of hydrogen-bond acceptors (Lipinski definition) is 4. The van der Waals surface area contributed by atoms with Crippen LogP contribution in [0, 0.1) is 23.7 Å². The molecule has 1 saturated carbocycles. The highest BCUT2D eigenvalue weighted by Crippen LogP contribution is 2.36. The minimum absolute atomic E-state index is 0.0126. The monoisotopic (exact) mass is 556 g/mol. The summed E-state index contributed by atoms with van der Waals surface area (Å²) >= 11 is 0. The molecule has 7 heteroatoms. The Kier molecular flexibility index (Phi) is 13.8. The van der Waals surface area contributed by atoms with Crippen LogP contribution in [-0.2, 0) is 20.8 Å². The fourth-order valence-corrected chi connectivity index (χ4v) is 6.26. The van der Waals surface area contributed by atoms with Crippen molar-refractivity contribution in [2.75, 3.05) is 26.2 Å². The molecule has 40 heavy (non-hydrogen) atoms. The van der Waals surface area contributed by atoms with Crippen LogP contribution in [0.1, 0.15) is 103 Å². The average Bonchev–Trinajstić information content (AvgIpc) is 3.39. The molecule has 1 aliphatic carbocycles. The second-order valence-corrected chi connectivity index (χ2v) is 12.1. The van der Waals surface area contributed by atoms with Gasteiger partial charge >= 0.3 is 5.97 Å². The number of carboxylic acids is 1. The van der Waals surface area contributed by atoms with Crippen molar-refractivity contribution in [3.8, 4) is 5.75 Å². The Morgan fingerprint density at radius 3 is 2.23 bits per heavy atom. The topological polar surface area (TPSA) is 95.9 Å². The number of carboxylic acid groups (broad SMARTS) is 1. The van der Waals surface area contributed by atoms with Crippen molar-refractivity contribution in [1.82, 2.24) is 10.2 Å². The first-order valence-corrected chi connectivity index (χ1v) is 15.9. The van der Waals surface area contributed by atoms with Crippen molar-refractivity contribution < 1.29 is 24.2 Å². The Morgan fingerprint density at radius 1 is 0.975 bits per heavy atom. The van der Waals surface area contributed by atoms with Crippen molar-refractivity contribution >= 4 is 17.8 Å². The minimum atomic E-state index is -0.928. The fourth-order valence-electron chi connectivity index (χ4n) is 6.26.